The second-order valence-electron chi connectivity index (χ2n) is 5.45. The zero-order chi connectivity index (χ0) is 19.4. The fourth-order valence-electron chi connectivity index (χ4n) is 2.44. The van der Waals surface area contributed by atoms with Crippen molar-refractivity contribution in [1.29, 1.82) is 0 Å². The summed E-state index contributed by atoms with van der Waals surface area (Å²) >= 11 is 19.7. The summed E-state index contributed by atoms with van der Waals surface area (Å²) in [5.41, 5.74) is 1.13. The lowest BCUT2D eigenvalue weighted by Crippen LogP contribution is -2.25. The Kier molecular flexibility index (Phi) is 6.65. The highest BCUT2D eigenvalue weighted by atomic mass is 35.5. The Labute approximate surface area is 176 Å². The summed E-state index contributed by atoms with van der Waals surface area (Å²) < 4.78 is 1.87. The third-order valence-corrected chi connectivity index (χ3v) is 5.23. The van der Waals surface area contributed by atoms with Gasteiger partial charge in [-0.2, -0.15) is 0 Å². The molecule has 0 radical (unpaired) electrons. The predicted molar refractivity (Wildman–Crippen MR) is 110 cm³/mol. The van der Waals surface area contributed by atoms with E-state index in [2.05, 4.69) is 15.5 Å². The van der Waals surface area contributed by atoms with Crippen LogP contribution in [0.25, 0.3) is 5.69 Å². The van der Waals surface area contributed by atoms with Crippen molar-refractivity contribution in [1.82, 2.24) is 20.1 Å². The number of thioether (sulfide) groups is 1. The summed E-state index contributed by atoms with van der Waals surface area (Å²) in [6.45, 7) is 2.20. The summed E-state index contributed by atoms with van der Waals surface area (Å²) in [4.78, 5) is 12.5. The number of carbonyl (C=O) groups is 1. The van der Waals surface area contributed by atoms with Crippen molar-refractivity contribution in [3.05, 3.63) is 68.9 Å². The SMILES string of the molecule is CCSc1nnc(CNC(=O)c2cc(Cl)ccc2Cl)n1-c1cccc(Cl)c1. The van der Waals surface area contributed by atoms with Gasteiger partial charge in [0.25, 0.3) is 5.91 Å². The third-order valence-electron chi connectivity index (χ3n) is 3.62. The van der Waals surface area contributed by atoms with E-state index in [9.17, 15) is 4.79 Å². The van der Waals surface area contributed by atoms with Crippen LogP contribution in [0.5, 0.6) is 0 Å². The van der Waals surface area contributed by atoms with Gasteiger partial charge in [0.1, 0.15) is 0 Å². The lowest BCUT2D eigenvalue weighted by atomic mass is 10.2. The minimum absolute atomic E-state index is 0.172. The smallest absolute Gasteiger partial charge is 0.253 e. The molecule has 0 fully saturated rings. The van der Waals surface area contributed by atoms with Crippen molar-refractivity contribution < 1.29 is 4.79 Å². The molecular formula is C18H15Cl3N4OS. The predicted octanol–water partition coefficient (Wildman–Crippen LogP) is 5.27. The molecule has 0 unspecified atom stereocenters. The molecule has 1 N–H and O–H groups in total. The van der Waals surface area contributed by atoms with E-state index in [0.717, 1.165) is 16.6 Å². The zero-order valence-electron chi connectivity index (χ0n) is 14.2. The van der Waals surface area contributed by atoms with Gasteiger partial charge in [-0.3, -0.25) is 9.36 Å². The number of hydrogen-bond donors (Lipinski definition) is 1. The standard InChI is InChI=1S/C18H15Cl3N4OS/c1-2-27-18-24-23-16(25(18)13-5-3-4-11(19)8-13)10-22-17(26)14-9-12(20)6-7-15(14)21/h3-9H,2,10H2,1H3,(H,22,26). The lowest BCUT2D eigenvalue weighted by molar-refractivity contribution is 0.0950. The lowest BCUT2D eigenvalue weighted by Gasteiger charge is -2.11. The Hall–Kier alpha value is -1.73. The van der Waals surface area contributed by atoms with Crippen LogP contribution in [-0.4, -0.2) is 26.4 Å². The van der Waals surface area contributed by atoms with Crippen molar-refractivity contribution in [3.63, 3.8) is 0 Å². The summed E-state index contributed by atoms with van der Waals surface area (Å²) in [7, 11) is 0. The Balaban J connectivity index is 1.87. The van der Waals surface area contributed by atoms with Crippen molar-refractivity contribution >= 4 is 52.5 Å². The number of benzene rings is 2. The van der Waals surface area contributed by atoms with E-state index in [4.69, 9.17) is 34.8 Å². The summed E-state index contributed by atoms with van der Waals surface area (Å²) in [6, 6.07) is 12.1. The molecule has 2 aromatic carbocycles. The fourth-order valence-corrected chi connectivity index (χ4v) is 3.69. The molecule has 27 heavy (non-hydrogen) atoms. The maximum atomic E-state index is 12.5. The quantitative estimate of drug-likeness (QED) is 0.529. The van der Waals surface area contributed by atoms with Crippen LogP contribution in [0.15, 0.2) is 47.6 Å². The first-order chi connectivity index (χ1) is 13.0. The zero-order valence-corrected chi connectivity index (χ0v) is 17.3. The first-order valence-corrected chi connectivity index (χ1v) is 10.2. The number of nitrogens with zero attached hydrogens (tertiary/aromatic N) is 3. The van der Waals surface area contributed by atoms with Gasteiger partial charge in [0, 0.05) is 10.0 Å². The molecule has 0 saturated carbocycles. The Bertz CT molecular complexity index is 977. The molecule has 0 bridgehead atoms. The molecule has 1 amide bonds. The topological polar surface area (TPSA) is 59.8 Å². The van der Waals surface area contributed by atoms with Gasteiger partial charge < -0.3 is 5.32 Å². The largest absolute Gasteiger partial charge is 0.345 e. The van der Waals surface area contributed by atoms with Crippen LogP contribution in [0.2, 0.25) is 15.1 Å². The molecule has 3 aromatic rings. The molecule has 9 heteroatoms. The van der Waals surface area contributed by atoms with Crippen molar-refractivity contribution in [2.45, 2.75) is 18.6 Å². The van der Waals surface area contributed by atoms with Crippen molar-refractivity contribution in [3.8, 4) is 5.69 Å². The molecule has 0 aliphatic rings. The third kappa shape index (κ3) is 4.76. The second kappa shape index (κ2) is 8.97. The molecule has 0 atom stereocenters. The highest BCUT2D eigenvalue weighted by Gasteiger charge is 2.17. The normalized spacial score (nSPS) is 10.8. The highest BCUT2D eigenvalue weighted by Crippen LogP contribution is 2.24. The summed E-state index contributed by atoms with van der Waals surface area (Å²) in [6.07, 6.45) is 0. The molecule has 0 aliphatic heterocycles. The van der Waals surface area contributed by atoms with E-state index in [1.54, 1.807) is 30.0 Å². The van der Waals surface area contributed by atoms with E-state index in [1.807, 2.05) is 29.7 Å². The van der Waals surface area contributed by atoms with Crippen LogP contribution >= 0.6 is 46.6 Å². The first-order valence-electron chi connectivity index (χ1n) is 8.06. The molecule has 0 saturated heterocycles. The number of rotatable bonds is 6. The number of aromatic nitrogens is 3. The van der Waals surface area contributed by atoms with Crippen LogP contribution < -0.4 is 5.32 Å². The van der Waals surface area contributed by atoms with Crippen LogP contribution in [-0.2, 0) is 6.54 Å². The number of halogens is 3. The Morgan fingerprint density at radius 3 is 2.63 bits per heavy atom. The molecule has 0 spiro atoms. The van der Waals surface area contributed by atoms with Gasteiger partial charge in [-0.25, -0.2) is 0 Å². The van der Waals surface area contributed by atoms with Crippen molar-refractivity contribution in [2.75, 3.05) is 5.75 Å². The molecule has 1 heterocycles. The molecule has 0 aliphatic carbocycles. The van der Waals surface area contributed by atoms with Crippen LogP contribution in [0, 0.1) is 0 Å². The van der Waals surface area contributed by atoms with Gasteiger partial charge >= 0.3 is 0 Å². The summed E-state index contributed by atoms with van der Waals surface area (Å²) in [5.74, 6) is 1.08. The Morgan fingerprint density at radius 1 is 1.11 bits per heavy atom. The fraction of sp³-hybridized carbons (Fsp3) is 0.167. The molecular weight excluding hydrogens is 427 g/mol. The highest BCUT2D eigenvalue weighted by molar-refractivity contribution is 7.99. The first kappa shape index (κ1) is 20.0. The maximum Gasteiger partial charge on any atom is 0.253 e. The number of nitrogens with one attached hydrogen (secondary N) is 1. The van der Waals surface area contributed by atoms with Gasteiger partial charge in [0.05, 0.1) is 22.8 Å². The average molecular weight is 442 g/mol. The van der Waals surface area contributed by atoms with Gasteiger partial charge in [-0.15, -0.1) is 10.2 Å². The van der Waals surface area contributed by atoms with Gasteiger partial charge in [0.15, 0.2) is 11.0 Å². The van der Waals surface area contributed by atoms with Gasteiger partial charge in [-0.05, 0) is 42.2 Å². The Morgan fingerprint density at radius 2 is 1.89 bits per heavy atom. The molecule has 1 aromatic heterocycles. The molecule has 140 valence electrons. The van der Waals surface area contributed by atoms with Gasteiger partial charge in [-0.1, -0.05) is 59.6 Å². The van der Waals surface area contributed by atoms with E-state index >= 15 is 0 Å². The number of amides is 1. The number of carbonyl (C=O) groups excluding carboxylic acids is 1. The van der Waals surface area contributed by atoms with E-state index in [0.29, 0.717) is 26.5 Å². The maximum absolute atomic E-state index is 12.5. The van der Waals surface area contributed by atoms with Crippen LogP contribution in [0.1, 0.15) is 23.1 Å². The molecule has 5 nitrogen and oxygen atoms in total. The molecule has 3 rings (SSSR count). The van der Waals surface area contributed by atoms with E-state index in [1.165, 1.54) is 6.07 Å². The van der Waals surface area contributed by atoms with Crippen LogP contribution in [0.4, 0.5) is 0 Å². The van der Waals surface area contributed by atoms with Crippen LogP contribution in [0.3, 0.4) is 0 Å². The van der Waals surface area contributed by atoms with E-state index in [-0.39, 0.29) is 12.5 Å². The van der Waals surface area contributed by atoms with E-state index < -0.39 is 0 Å². The minimum atomic E-state index is -0.340. The van der Waals surface area contributed by atoms with Gasteiger partial charge in [0.2, 0.25) is 0 Å². The van der Waals surface area contributed by atoms with Crippen molar-refractivity contribution in [2.24, 2.45) is 0 Å². The number of hydrogen-bond acceptors (Lipinski definition) is 4. The summed E-state index contributed by atoms with van der Waals surface area (Å²) in [5, 5.41) is 13.4. The average Bonchev–Trinajstić information content (AvgIpc) is 3.04. The second-order valence-corrected chi connectivity index (χ2v) is 7.97. The monoisotopic (exact) mass is 440 g/mol. The minimum Gasteiger partial charge on any atom is -0.345 e.